The van der Waals surface area contributed by atoms with Crippen LogP contribution in [0.25, 0.3) is 0 Å². The van der Waals surface area contributed by atoms with E-state index in [4.69, 9.17) is 10.5 Å². The van der Waals surface area contributed by atoms with Gasteiger partial charge < -0.3 is 10.5 Å². The van der Waals surface area contributed by atoms with Crippen molar-refractivity contribution in [3.05, 3.63) is 24.0 Å². The van der Waals surface area contributed by atoms with E-state index in [0.717, 1.165) is 24.3 Å². The summed E-state index contributed by atoms with van der Waals surface area (Å²) in [6.45, 7) is 4.37. The Morgan fingerprint density at radius 2 is 2.10 bits per heavy atom. The summed E-state index contributed by atoms with van der Waals surface area (Å²) in [6, 6.07) is 4.30. The maximum Gasteiger partial charge on any atom is 0.138 e. The summed E-state index contributed by atoms with van der Waals surface area (Å²) in [7, 11) is 0. The van der Waals surface area contributed by atoms with Crippen LogP contribution in [-0.2, 0) is 6.42 Å². The van der Waals surface area contributed by atoms with Gasteiger partial charge in [0, 0.05) is 18.2 Å². The number of pyridine rings is 1. The van der Waals surface area contributed by atoms with Gasteiger partial charge >= 0.3 is 0 Å². The molecule has 1 heterocycles. The molecule has 20 heavy (non-hydrogen) atoms. The lowest BCUT2D eigenvalue weighted by Crippen LogP contribution is -2.30. The van der Waals surface area contributed by atoms with Crippen LogP contribution in [-0.4, -0.2) is 17.1 Å². The largest absolute Gasteiger partial charge is 0.489 e. The predicted molar refractivity (Wildman–Crippen MR) is 82.9 cm³/mol. The first-order valence-electron chi connectivity index (χ1n) is 8.10. The SMILES string of the molecule is CCC(N)Cc1ccc(OC2CCCCC2CC)cn1. The molecule has 0 bridgehead atoms. The van der Waals surface area contributed by atoms with Crippen molar-refractivity contribution in [2.24, 2.45) is 11.7 Å². The highest BCUT2D eigenvalue weighted by atomic mass is 16.5. The zero-order valence-electron chi connectivity index (χ0n) is 12.8. The molecule has 3 heteroatoms. The Morgan fingerprint density at radius 3 is 2.75 bits per heavy atom. The normalized spacial score (nSPS) is 24.4. The van der Waals surface area contributed by atoms with Gasteiger partial charge in [0.05, 0.1) is 6.20 Å². The molecule has 112 valence electrons. The van der Waals surface area contributed by atoms with Gasteiger partial charge in [-0.05, 0) is 50.2 Å². The van der Waals surface area contributed by atoms with Crippen molar-refractivity contribution in [1.29, 1.82) is 0 Å². The van der Waals surface area contributed by atoms with E-state index in [1.807, 2.05) is 12.3 Å². The zero-order valence-corrected chi connectivity index (χ0v) is 12.8. The minimum absolute atomic E-state index is 0.206. The van der Waals surface area contributed by atoms with Crippen LogP contribution in [0.4, 0.5) is 0 Å². The molecule has 0 saturated heterocycles. The second-order valence-corrected chi connectivity index (χ2v) is 5.97. The first-order chi connectivity index (χ1) is 9.72. The summed E-state index contributed by atoms with van der Waals surface area (Å²) in [4.78, 5) is 4.48. The molecule has 1 aliphatic rings. The topological polar surface area (TPSA) is 48.1 Å². The standard InChI is InChI=1S/C17H28N2O/c1-3-13-7-5-6-8-17(13)20-16-10-9-15(19-12-16)11-14(18)4-2/h9-10,12-14,17H,3-8,11,18H2,1-2H3. The summed E-state index contributed by atoms with van der Waals surface area (Å²) in [6.07, 6.45) is 10.4. The number of nitrogens with two attached hydrogens (primary N) is 1. The number of hydrogen-bond acceptors (Lipinski definition) is 3. The van der Waals surface area contributed by atoms with Gasteiger partial charge in [-0.1, -0.05) is 20.3 Å². The molecule has 0 aliphatic heterocycles. The Hall–Kier alpha value is -1.09. The number of aromatic nitrogens is 1. The minimum Gasteiger partial charge on any atom is -0.489 e. The van der Waals surface area contributed by atoms with Gasteiger partial charge in [0.2, 0.25) is 0 Å². The molecule has 0 spiro atoms. The van der Waals surface area contributed by atoms with E-state index >= 15 is 0 Å². The fourth-order valence-corrected chi connectivity index (χ4v) is 2.98. The maximum atomic E-state index is 6.15. The molecule has 0 amide bonds. The lowest BCUT2D eigenvalue weighted by molar-refractivity contribution is 0.0900. The van der Waals surface area contributed by atoms with Gasteiger partial charge in [0.15, 0.2) is 0 Å². The Kier molecular flexibility index (Phi) is 5.84. The van der Waals surface area contributed by atoms with Crippen LogP contribution in [0.1, 0.15) is 58.1 Å². The highest BCUT2D eigenvalue weighted by Gasteiger charge is 2.25. The first kappa shape index (κ1) is 15.3. The summed E-state index contributed by atoms with van der Waals surface area (Å²) in [5.41, 5.74) is 7.02. The van der Waals surface area contributed by atoms with Crippen molar-refractivity contribution in [2.45, 2.75) is 70.9 Å². The highest BCUT2D eigenvalue weighted by molar-refractivity contribution is 5.20. The first-order valence-corrected chi connectivity index (χ1v) is 8.10. The average molecular weight is 276 g/mol. The van der Waals surface area contributed by atoms with Gasteiger partial charge in [-0.15, -0.1) is 0 Å². The van der Waals surface area contributed by atoms with Crippen LogP contribution in [0.15, 0.2) is 18.3 Å². The maximum absolute atomic E-state index is 6.15. The summed E-state index contributed by atoms with van der Waals surface area (Å²) >= 11 is 0. The number of hydrogen-bond donors (Lipinski definition) is 1. The molecule has 3 nitrogen and oxygen atoms in total. The lowest BCUT2D eigenvalue weighted by atomic mass is 9.85. The molecule has 2 N–H and O–H groups in total. The third-order valence-electron chi connectivity index (χ3n) is 4.44. The van der Waals surface area contributed by atoms with Gasteiger partial charge in [0.1, 0.15) is 11.9 Å². The fourth-order valence-electron chi connectivity index (χ4n) is 2.98. The fraction of sp³-hybridized carbons (Fsp3) is 0.706. The summed E-state index contributed by atoms with van der Waals surface area (Å²) in [5.74, 6) is 1.61. The van der Waals surface area contributed by atoms with E-state index < -0.39 is 0 Å². The number of rotatable bonds is 6. The molecule has 3 atom stereocenters. The van der Waals surface area contributed by atoms with Gasteiger partial charge in [-0.2, -0.15) is 0 Å². The Labute approximate surface area is 122 Å². The number of ether oxygens (including phenoxy) is 1. The Bertz CT molecular complexity index is 390. The molecule has 3 unspecified atom stereocenters. The summed E-state index contributed by atoms with van der Waals surface area (Å²) < 4.78 is 6.15. The molecule has 2 rings (SSSR count). The van der Waals surface area contributed by atoms with Crippen molar-refractivity contribution in [1.82, 2.24) is 4.98 Å². The summed E-state index contributed by atoms with van der Waals surface area (Å²) in [5, 5.41) is 0. The second-order valence-electron chi connectivity index (χ2n) is 5.97. The molecule has 1 aliphatic carbocycles. The van der Waals surface area contributed by atoms with Crippen molar-refractivity contribution >= 4 is 0 Å². The van der Waals surface area contributed by atoms with E-state index in [2.05, 4.69) is 24.9 Å². The quantitative estimate of drug-likeness (QED) is 0.861. The number of nitrogens with zero attached hydrogens (tertiary/aromatic N) is 1. The smallest absolute Gasteiger partial charge is 0.138 e. The third-order valence-corrected chi connectivity index (χ3v) is 4.44. The van der Waals surface area contributed by atoms with Crippen molar-refractivity contribution in [3.8, 4) is 5.75 Å². The predicted octanol–water partition coefficient (Wildman–Crippen LogP) is 3.71. The third kappa shape index (κ3) is 4.20. The Morgan fingerprint density at radius 1 is 1.30 bits per heavy atom. The van der Waals surface area contributed by atoms with Gasteiger partial charge in [-0.3, -0.25) is 4.98 Å². The molecule has 1 aromatic heterocycles. The highest BCUT2D eigenvalue weighted by Crippen LogP contribution is 2.30. The average Bonchev–Trinajstić information content (AvgIpc) is 2.49. The van der Waals surface area contributed by atoms with Crippen LogP contribution in [0, 0.1) is 5.92 Å². The van der Waals surface area contributed by atoms with Gasteiger partial charge in [0.25, 0.3) is 0 Å². The van der Waals surface area contributed by atoms with Gasteiger partial charge in [-0.25, -0.2) is 0 Å². The molecular formula is C17H28N2O. The monoisotopic (exact) mass is 276 g/mol. The van der Waals surface area contributed by atoms with Crippen LogP contribution in [0.2, 0.25) is 0 Å². The van der Waals surface area contributed by atoms with E-state index in [0.29, 0.717) is 12.0 Å². The van der Waals surface area contributed by atoms with Crippen molar-refractivity contribution < 1.29 is 4.74 Å². The van der Waals surface area contributed by atoms with E-state index in [-0.39, 0.29) is 6.04 Å². The van der Waals surface area contributed by atoms with Crippen LogP contribution >= 0.6 is 0 Å². The Balaban J connectivity index is 1.92. The molecule has 1 fully saturated rings. The van der Waals surface area contributed by atoms with Crippen LogP contribution < -0.4 is 10.5 Å². The van der Waals surface area contributed by atoms with E-state index in [1.54, 1.807) is 0 Å². The van der Waals surface area contributed by atoms with E-state index in [9.17, 15) is 0 Å². The molecule has 0 aromatic carbocycles. The van der Waals surface area contributed by atoms with E-state index in [1.165, 1.54) is 32.1 Å². The molecule has 0 radical (unpaired) electrons. The lowest BCUT2D eigenvalue weighted by Gasteiger charge is -2.31. The zero-order chi connectivity index (χ0) is 14.4. The van der Waals surface area contributed by atoms with Crippen LogP contribution in [0.5, 0.6) is 5.75 Å². The second kappa shape index (κ2) is 7.63. The minimum atomic E-state index is 0.206. The van der Waals surface area contributed by atoms with Crippen molar-refractivity contribution in [3.63, 3.8) is 0 Å². The van der Waals surface area contributed by atoms with Crippen LogP contribution in [0.3, 0.4) is 0 Å². The van der Waals surface area contributed by atoms with Crippen molar-refractivity contribution in [2.75, 3.05) is 0 Å². The molecule has 1 saturated carbocycles. The molecule has 1 aromatic rings. The molecular weight excluding hydrogens is 248 g/mol.